The Hall–Kier alpha value is -3.63. The second-order valence-corrected chi connectivity index (χ2v) is 7.75. The van der Waals surface area contributed by atoms with Crippen LogP contribution in [-0.2, 0) is 13.2 Å². The van der Waals surface area contributed by atoms with Gasteiger partial charge in [0.2, 0.25) is 5.91 Å². The van der Waals surface area contributed by atoms with Crippen LogP contribution < -0.4 is 5.73 Å². The standard InChI is InChI=1S/C26H22N2O2/c1-16-9-11-18(20-6-3-2-5-19(16)20)14-28-23-8-4-7-22(26(27)30)25(23)21-12-10-17(15-29)13-24(21)28/h2-13,29H,14-15H2,1H3,(H2,27,30). The summed E-state index contributed by atoms with van der Waals surface area (Å²) in [5, 5.41) is 14.0. The van der Waals surface area contributed by atoms with Gasteiger partial charge in [-0.2, -0.15) is 0 Å². The smallest absolute Gasteiger partial charge is 0.249 e. The van der Waals surface area contributed by atoms with Gasteiger partial charge in [0.05, 0.1) is 12.1 Å². The number of aromatic nitrogens is 1. The van der Waals surface area contributed by atoms with Crippen LogP contribution in [0.4, 0.5) is 0 Å². The molecule has 1 aromatic heterocycles. The number of nitrogens with two attached hydrogens (primary N) is 1. The van der Waals surface area contributed by atoms with Crippen LogP contribution in [0.3, 0.4) is 0 Å². The van der Waals surface area contributed by atoms with Crippen LogP contribution in [0.15, 0.2) is 72.8 Å². The molecule has 0 aliphatic rings. The molecule has 30 heavy (non-hydrogen) atoms. The molecule has 0 bridgehead atoms. The molecule has 4 heteroatoms. The molecule has 0 fully saturated rings. The summed E-state index contributed by atoms with van der Waals surface area (Å²) in [4.78, 5) is 12.1. The summed E-state index contributed by atoms with van der Waals surface area (Å²) < 4.78 is 2.22. The monoisotopic (exact) mass is 394 g/mol. The van der Waals surface area contributed by atoms with Gasteiger partial charge in [-0.3, -0.25) is 4.79 Å². The lowest BCUT2D eigenvalue weighted by atomic mass is 10.0. The summed E-state index contributed by atoms with van der Waals surface area (Å²) in [5.41, 5.74) is 11.4. The molecular weight excluding hydrogens is 372 g/mol. The maximum absolute atomic E-state index is 12.1. The number of aliphatic hydroxyl groups is 1. The van der Waals surface area contributed by atoms with Gasteiger partial charge < -0.3 is 15.4 Å². The lowest BCUT2D eigenvalue weighted by Gasteiger charge is -2.13. The van der Waals surface area contributed by atoms with E-state index >= 15 is 0 Å². The molecule has 5 aromatic rings. The SMILES string of the molecule is Cc1ccc(Cn2c3cc(CO)ccc3c3c(C(N)=O)cccc32)c2ccccc12. The Morgan fingerprint density at radius 1 is 0.900 bits per heavy atom. The third-order valence-corrected chi connectivity index (χ3v) is 5.96. The van der Waals surface area contributed by atoms with Crippen molar-refractivity contribution >= 4 is 38.5 Å². The van der Waals surface area contributed by atoms with Gasteiger partial charge in [-0.1, -0.05) is 54.6 Å². The molecule has 0 atom stereocenters. The number of aryl methyl sites for hydroxylation is 1. The lowest BCUT2D eigenvalue weighted by molar-refractivity contribution is 0.100. The van der Waals surface area contributed by atoms with Crippen LogP contribution in [0, 0.1) is 6.92 Å². The number of carbonyl (C=O) groups is 1. The van der Waals surface area contributed by atoms with Gasteiger partial charge in [0.25, 0.3) is 0 Å². The van der Waals surface area contributed by atoms with E-state index in [-0.39, 0.29) is 6.61 Å². The summed E-state index contributed by atoms with van der Waals surface area (Å²) in [7, 11) is 0. The summed E-state index contributed by atoms with van der Waals surface area (Å²) in [6, 6.07) is 24.3. The maximum Gasteiger partial charge on any atom is 0.249 e. The molecule has 0 spiro atoms. The number of hydrogen-bond acceptors (Lipinski definition) is 2. The van der Waals surface area contributed by atoms with E-state index in [1.54, 1.807) is 6.07 Å². The topological polar surface area (TPSA) is 68.2 Å². The number of nitrogens with zero attached hydrogens (tertiary/aromatic N) is 1. The summed E-state index contributed by atoms with van der Waals surface area (Å²) >= 11 is 0. The number of primary amides is 1. The van der Waals surface area contributed by atoms with Gasteiger partial charge in [-0.15, -0.1) is 0 Å². The van der Waals surface area contributed by atoms with Crippen LogP contribution in [0.2, 0.25) is 0 Å². The molecule has 1 heterocycles. The van der Waals surface area contributed by atoms with E-state index in [0.29, 0.717) is 12.1 Å². The highest BCUT2D eigenvalue weighted by Gasteiger charge is 2.17. The fourth-order valence-electron chi connectivity index (χ4n) is 4.48. The van der Waals surface area contributed by atoms with Crippen molar-refractivity contribution < 1.29 is 9.90 Å². The zero-order chi connectivity index (χ0) is 20.8. The fourth-order valence-corrected chi connectivity index (χ4v) is 4.48. The first-order chi connectivity index (χ1) is 14.6. The van der Waals surface area contributed by atoms with E-state index in [9.17, 15) is 9.90 Å². The van der Waals surface area contributed by atoms with Gasteiger partial charge in [-0.25, -0.2) is 0 Å². The van der Waals surface area contributed by atoms with Crippen molar-refractivity contribution in [3.05, 3.63) is 95.1 Å². The van der Waals surface area contributed by atoms with Gasteiger partial charge in [0.1, 0.15) is 0 Å². The molecular formula is C26H22N2O2. The van der Waals surface area contributed by atoms with Gasteiger partial charge in [0.15, 0.2) is 0 Å². The number of hydrogen-bond donors (Lipinski definition) is 2. The Morgan fingerprint density at radius 3 is 2.47 bits per heavy atom. The second kappa shape index (κ2) is 7.01. The van der Waals surface area contributed by atoms with E-state index in [2.05, 4.69) is 47.9 Å². The van der Waals surface area contributed by atoms with E-state index in [4.69, 9.17) is 5.73 Å². The van der Waals surface area contributed by atoms with Crippen molar-refractivity contribution in [3.8, 4) is 0 Å². The van der Waals surface area contributed by atoms with Gasteiger partial charge in [-0.05, 0) is 52.6 Å². The van der Waals surface area contributed by atoms with Crippen molar-refractivity contribution in [2.75, 3.05) is 0 Å². The Balaban J connectivity index is 1.83. The first kappa shape index (κ1) is 18.4. The number of aliphatic hydroxyl groups excluding tert-OH is 1. The zero-order valence-corrected chi connectivity index (χ0v) is 16.7. The highest BCUT2D eigenvalue weighted by molar-refractivity contribution is 6.18. The van der Waals surface area contributed by atoms with Crippen molar-refractivity contribution in [2.45, 2.75) is 20.1 Å². The largest absolute Gasteiger partial charge is 0.392 e. The molecule has 5 rings (SSSR count). The van der Waals surface area contributed by atoms with E-state index in [1.807, 2.05) is 30.3 Å². The third-order valence-electron chi connectivity index (χ3n) is 5.96. The van der Waals surface area contributed by atoms with Crippen molar-refractivity contribution in [1.82, 2.24) is 4.57 Å². The highest BCUT2D eigenvalue weighted by atomic mass is 16.3. The summed E-state index contributed by atoms with van der Waals surface area (Å²) in [6.45, 7) is 2.74. The van der Waals surface area contributed by atoms with E-state index in [1.165, 1.54) is 21.9 Å². The molecule has 3 N–H and O–H groups in total. The number of fused-ring (bicyclic) bond motifs is 4. The molecule has 148 valence electrons. The Labute approximate surface area is 174 Å². The minimum Gasteiger partial charge on any atom is -0.392 e. The number of benzene rings is 4. The van der Waals surface area contributed by atoms with Crippen LogP contribution >= 0.6 is 0 Å². The third kappa shape index (κ3) is 2.77. The molecule has 0 radical (unpaired) electrons. The second-order valence-electron chi connectivity index (χ2n) is 7.75. The number of amides is 1. The van der Waals surface area contributed by atoms with Gasteiger partial charge in [0, 0.05) is 28.4 Å². The Bertz CT molecular complexity index is 1450. The lowest BCUT2D eigenvalue weighted by Crippen LogP contribution is -2.11. The summed E-state index contributed by atoms with van der Waals surface area (Å²) in [6.07, 6.45) is 0. The van der Waals surface area contributed by atoms with E-state index < -0.39 is 5.91 Å². The van der Waals surface area contributed by atoms with Gasteiger partial charge >= 0.3 is 0 Å². The first-order valence-electron chi connectivity index (χ1n) is 10.00. The van der Waals surface area contributed by atoms with Crippen molar-refractivity contribution in [2.24, 2.45) is 5.73 Å². The molecule has 1 amide bonds. The molecule has 4 aromatic carbocycles. The molecule has 4 nitrogen and oxygen atoms in total. The molecule has 0 unspecified atom stereocenters. The van der Waals surface area contributed by atoms with Crippen molar-refractivity contribution in [1.29, 1.82) is 0 Å². The average Bonchev–Trinajstić information content (AvgIpc) is 3.08. The minimum atomic E-state index is -0.438. The highest BCUT2D eigenvalue weighted by Crippen LogP contribution is 2.34. The molecule has 0 saturated carbocycles. The quantitative estimate of drug-likeness (QED) is 0.455. The Morgan fingerprint density at radius 2 is 1.70 bits per heavy atom. The van der Waals surface area contributed by atoms with Crippen molar-refractivity contribution in [3.63, 3.8) is 0 Å². The number of carbonyl (C=O) groups excluding carboxylic acids is 1. The first-order valence-corrected chi connectivity index (χ1v) is 10.00. The summed E-state index contributed by atoms with van der Waals surface area (Å²) in [5.74, 6) is -0.438. The zero-order valence-electron chi connectivity index (χ0n) is 16.7. The Kier molecular flexibility index (Phi) is 4.30. The van der Waals surface area contributed by atoms with E-state index in [0.717, 1.165) is 27.4 Å². The predicted molar refractivity (Wildman–Crippen MR) is 122 cm³/mol. The van der Waals surface area contributed by atoms with Crippen LogP contribution in [0.1, 0.15) is 27.0 Å². The average molecular weight is 394 g/mol. The molecule has 0 aliphatic carbocycles. The number of rotatable bonds is 4. The van der Waals surface area contributed by atoms with Crippen LogP contribution in [0.5, 0.6) is 0 Å². The maximum atomic E-state index is 12.1. The minimum absolute atomic E-state index is 0.0341. The predicted octanol–water partition coefficient (Wildman–Crippen LogP) is 4.90. The molecule has 0 aliphatic heterocycles. The normalized spacial score (nSPS) is 11.5. The molecule has 0 saturated heterocycles. The van der Waals surface area contributed by atoms with Crippen LogP contribution in [-0.4, -0.2) is 15.6 Å². The fraction of sp³-hybridized carbons (Fsp3) is 0.115. The van der Waals surface area contributed by atoms with Crippen LogP contribution in [0.25, 0.3) is 32.6 Å².